The van der Waals surface area contributed by atoms with Gasteiger partial charge in [0.05, 0.1) is 0 Å². The van der Waals surface area contributed by atoms with Crippen LogP contribution in [0.4, 0.5) is 5.82 Å². The average Bonchev–Trinajstić information content (AvgIpc) is 3.23. The fourth-order valence-electron chi connectivity index (χ4n) is 4.98. The Morgan fingerprint density at radius 3 is 2.50 bits per heavy atom. The van der Waals surface area contributed by atoms with Gasteiger partial charge < -0.3 is 14.8 Å². The summed E-state index contributed by atoms with van der Waals surface area (Å²) in [6.07, 6.45) is 7.76. The van der Waals surface area contributed by atoms with Crippen molar-refractivity contribution in [2.24, 2.45) is 0 Å². The second-order valence-corrected chi connectivity index (χ2v) is 9.18. The van der Waals surface area contributed by atoms with Gasteiger partial charge >= 0.3 is 0 Å². The number of carbonyl (C=O) groups excluding carboxylic acids is 1. The Hall–Kier alpha value is -2.86. The lowest BCUT2D eigenvalue weighted by molar-refractivity contribution is -0.122. The minimum atomic E-state index is 0.0779. The monoisotopic (exact) mass is 431 g/mol. The van der Waals surface area contributed by atoms with Gasteiger partial charge in [0.1, 0.15) is 18.0 Å². The number of piperidine rings is 2. The molecule has 1 N–H and O–H groups in total. The minimum absolute atomic E-state index is 0.0779. The van der Waals surface area contributed by atoms with E-state index in [0.717, 1.165) is 62.4 Å². The molecule has 0 aliphatic carbocycles. The molecule has 0 radical (unpaired) electrons. The maximum atomic E-state index is 12.8. The molecular formula is C26H33N5O. The molecule has 168 valence electrons. The van der Waals surface area contributed by atoms with Crippen molar-refractivity contribution in [1.29, 1.82) is 0 Å². The first-order valence-corrected chi connectivity index (χ1v) is 12.0. The largest absolute Gasteiger partial charge is 0.357 e. The SMILES string of the molecule is O=C(Cn1ccc2ccc(N3CCCCC3)nc21)NC1CCN(Cc2ccccc2)CC1. The molecule has 6 nitrogen and oxygen atoms in total. The molecule has 32 heavy (non-hydrogen) atoms. The third-order valence-electron chi connectivity index (χ3n) is 6.79. The van der Waals surface area contributed by atoms with Gasteiger partial charge in [0.2, 0.25) is 5.91 Å². The van der Waals surface area contributed by atoms with Crippen molar-refractivity contribution in [2.45, 2.75) is 51.2 Å². The quantitative estimate of drug-likeness (QED) is 0.645. The van der Waals surface area contributed by atoms with Crippen LogP contribution in [-0.4, -0.2) is 52.6 Å². The molecule has 0 atom stereocenters. The van der Waals surface area contributed by atoms with Gasteiger partial charge in [-0.05, 0) is 55.9 Å². The van der Waals surface area contributed by atoms with Gasteiger partial charge in [-0.2, -0.15) is 0 Å². The van der Waals surface area contributed by atoms with Crippen molar-refractivity contribution in [3.05, 3.63) is 60.3 Å². The lowest BCUT2D eigenvalue weighted by atomic mass is 10.0. The molecule has 4 heterocycles. The standard InChI is InChI=1S/C26H33N5O/c32-25(27-23-12-16-29(17-13-23)19-21-7-3-1-4-8-21)20-31-18-11-22-9-10-24(28-26(22)31)30-14-5-2-6-15-30/h1,3-4,7-11,18,23H,2,5-6,12-17,19-20H2,(H,27,32). The molecule has 5 rings (SSSR count). The number of anilines is 1. The van der Waals surface area contributed by atoms with E-state index in [4.69, 9.17) is 4.98 Å². The zero-order chi connectivity index (χ0) is 21.8. The molecule has 0 bridgehead atoms. The highest BCUT2D eigenvalue weighted by Crippen LogP contribution is 2.22. The molecule has 0 saturated carbocycles. The highest BCUT2D eigenvalue weighted by atomic mass is 16.2. The van der Waals surface area contributed by atoms with Gasteiger partial charge in [0, 0.05) is 50.3 Å². The fraction of sp³-hybridized carbons (Fsp3) is 0.462. The van der Waals surface area contributed by atoms with Gasteiger partial charge in [0.15, 0.2) is 0 Å². The second kappa shape index (κ2) is 9.74. The first-order valence-electron chi connectivity index (χ1n) is 12.0. The third-order valence-corrected chi connectivity index (χ3v) is 6.79. The van der Waals surface area contributed by atoms with E-state index in [1.165, 1.54) is 24.8 Å². The molecule has 6 heteroatoms. The minimum Gasteiger partial charge on any atom is -0.357 e. The van der Waals surface area contributed by atoms with Crippen LogP contribution in [0.25, 0.3) is 11.0 Å². The zero-order valence-corrected chi connectivity index (χ0v) is 18.7. The number of benzene rings is 1. The Bertz CT molecular complexity index is 1030. The van der Waals surface area contributed by atoms with E-state index in [1.807, 2.05) is 10.8 Å². The number of nitrogens with one attached hydrogen (secondary N) is 1. The number of hydrogen-bond donors (Lipinski definition) is 1. The Labute approximate surface area is 190 Å². The lowest BCUT2D eigenvalue weighted by Gasteiger charge is -2.32. The summed E-state index contributed by atoms with van der Waals surface area (Å²) in [5.41, 5.74) is 2.26. The number of carbonyl (C=O) groups is 1. The number of rotatable bonds is 6. The number of aromatic nitrogens is 2. The number of nitrogens with zero attached hydrogens (tertiary/aromatic N) is 4. The maximum Gasteiger partial charge on any atom is 0.240 e. The molecule has 3 aromatic rings. The van der Waals surface area contributed by atoms with E-state index in [-0.39, 0.29) is 11.9 Å². The second-order valence-electron chi connectivity index (χ2n) is 9.18. The number of amides is 1. The molecule has 0 spiro atoms. The summed E-state index contributed by atoms with van der Waals surface area (Å²) in [4.78, 5) is 22.5. The van der Waals surface area contributed by atoms with Crippen LogP contribution < -0.4 is 10.2 Å². The smallest absolute Gasteiger partial charge is 0.240 e. The number of fused-ring (bicyclic) bond motifs is 1. The van der Waals surface area contributed by atoms with Crippen LogP contribution in [0.2, 0.25) is 0 Å². The first-order chi connectivity index (χ1) is 15.7. The van der Waals surface area contributed by atoms with Gasteiger partial charge in [-0.3, -0.25) is 9.69 Å². The van der Waals surface area contributed by atoms with Crippen LogP contribution in [0.3, 0.4) is 0 Å². The summed E-state index contributed by atoms with van der Waals surface area (Å²) in [5, 5.41) is 4.35. The highest BCUT2D eigenvalue weighted by Gasteiger charge is 2.21. The van der Waals surface area contributed by atoms with E-state index in [0.29, 0.717) is 6.54 Å². The van der Waals surface area contributed by atoms with Crippen molar-refractivity contribution in [2.75, 3.05) is 31.1 Å². The maximum absolute atomic E-state index is 12.8. The lowest BCUT2D eigenvalue weighted by Crippen LogP contribution is -2.45. The van der Waals surface area contributed by atoms with E-state index >= 15 is 0 Å². The number of pyridine rings is 1. The molecular weight excluding hydrogens is 398 g/mol. The molecule has 1 aromatic carbocycles. The summed E-state index contributed by atoms with van der Waals surface area (Å²) < 4.78 is 1.99. The Kier molecular flexibility index (Phi) is 6.39. The van der Waals surface area contributed by atoms with Crippen LogP contribution in [0.1, 0.15) is 37.7 Å². The van der Waals surface area contributed by atoms with Gasteiger partial charge in [-0.15, -0.1) is 0 Å². The molecule has 2 fully saturated rings. The van der Waals surface area contributed by atoms with Crippen LogP contribution in [0, 0.1) is 0 Å². The Morgan fingerprint density at radius 1 is 0.938 bits per heavy atom. The predicted molar refractivity (Wildman–Crippen MR) is 129 cm³/mol. The van der Waals surface area contributed by atoms with E-state index in [2.05, 4.69) is 63.6 Å². The molecule has 0 unspecified atom stereocenters. The molecule has 2 aliphatic heterocycles. The normalized spacial score (nSPS) is 18.2. The van der Waals surface area contributed by atoms with Crippen LogP contribution in [0.15, 0.2) is 54.7 Å². The highest BCUT2D eigenvalue weighted by molar-refractivity contribution is 5.82. The summed E-state index contributed by atoms with van der Waals surface area (Å²) in [6.45, 7) is 5.50. The summed E-state index contributed by atoms with van der Waals surface area (Å²) in [6, 6.07) is 17.2. The molecule has 2 saturated heterocycles. The summed E-state index contributed by atoms with van der Waals surface area (Å²) >= 11 is 0. The zero-order valence-electron chi connectivity index (χ0n) is 18.7. The third kappa shape index (κ3) is 4.96. The number of hydrogen-bond acceptors (Lipinski definition) is 4. The van der Waals surface area contributed by atoms with Crippen molar-refractivity contribution in [3.63, 3.8) is 0 Å². The van der Waals surface area contributed by atoms with Gasteiger partial charge in [-0.25, -0.2) is 4.98 Å². The molecule has 2 aromatic heterocycles. The number of likely N-dealkylation sites (tertiary alicyclic amines) is 1. The average molecular weight is 432 g/mol. The van der Waals surface area contributed by atoms with E-state index in [1.54, 1.807) is 0 Å². The van der Waals surface area contributed by atoms with Crippen molar-refractivity contribution >= 4 is 22.8 Å². The van der Waals surface area contributed by atoms with E-state index < -0.39 is 0 Å². The summed E-state index contributed by atoms with van der Waals surface area (Å²) in [5.74, 6) is 1.11. The van der Waals surface area contributed by atoms with Crippen molar-refractivity contribution < 1.29 is 4.79 Å². The Balaban J connectivity index is 1.16. The topological polar surface area (TPSA) is 53.4 Å². The molecule has 1 amide bonds. The first kappa shape index (κ1) is 21.0. The fourth-order valence-corrected chi connectivity index (χ4v) is 4.98. The van der Waals surface area contributed by atoms with Crippen LogP contribution >= 0.6 is 0 Å². The van der Waals surface area contributed by atoms with Gasteiger partial charge in [0.25, 0.3) is 0 Å². The van der Waals surface area contributed by atoms with Gasteiger partial charge in [-0.1, -0.05) is 30.3 Å². The molecule has 2 aliphatic rings. The van der Waals surface area contributed by atoms with Crippen LogP contribution in [-0.2, 0) is 17.9 Å². The van der Waals surface area contributed by atoms with Crippen molar-refractivity contribution in [3.8, 4) is 0 Å². The summed E-state index contributed by atoms with van der Waals surface area (Å²) in [7, 11) is 0. The predicted octanol–water partition coefficient (Wildman–Crippen LogP) is 3.81. The van der Waals surface area contributed by atoms with Crippen molar-refractivity contribution in [1.82, 2.24) is 19.8 Å². The van der Waals surface area contributed by atoms with Crippen LogP contribution in [0.5, 0.6) is 0 Å². The Morgan fingerprint density at radius 2 is 1.72 bits per heavy atom. The van der Waals surface area contributed by atoms with E-state index in [9.17, 15) is 4.79 Å².